The van der Waals surface area contributed by atoms with Crippen molar-refractivity contribution < 1.29 is 17.6 Å². The highest BCUT2D eigenvalue weighted by molar-refractivity contribution is 7.98. The van der Waals surface area contributed by atoms with Gasteiger partial charge >= 0.3 is 0 Å². The van der Waals surface area contributed by atoms with Crippen LogP contribution < -0.4 is 5.32 Å². The molecule has 0 aliphatic carbocycles. The number of hydrogen-bond acceptors (Lipinski definition) is 4. The molecule has 3 aromatic carbocycles. The maximum absolute atomic E-state index is 13.2. The number of sulfonamides is 1. The summed E-state index contributed by atoms with van der Waals surface area (Å²) in [6.07, 6.45) is 1.17. The number of carbonyl (C=O) groups is 1. The Labute approximate surface area is 208 Å². The van der Waals surface area contributed by atoms with Crippen molar-refractivity contribution in [2.75, 3.05) is 18.4 Å². The fourth-order valence-corrected chi connectivity index (χ4v) is 6.42. The number of nitrogens with one attached hydrogen (secondary N) is 1. The minimum Gasteiger partial charge on any atom is -0.325 e. The lowest BCUT2D eigenvalue weighted by atomic mass is 9.99. The van der Waals surface area contributed by atoms with Crippen LogP contribution in [0.25, 0.3) is 0 Å². The van der Waals surface area contributed by atoms with Crippen molar-refractivity contribution in [2.24, 2.45) is 5.92 Å². The van der Waals surface area contributed by atoms with Crippen LogP contribution in [0, 0.1) is 11.7 Å². The summed E-state index contributed by atoms with van der Waals surface area (Å²) in [5, 5.41) is 3.68. The molecule has 1 amide bonds. The molecule has 1 saturated heterocycles. The van der Waals surface area contributed by atoms with Gasteiger partial charge in [0.05, 0.1) is 16.5 Å². The summed E-state index contributed by atoms with van der Waals surface area (Å²) < 4.78 is 40.5. The molecule has 0 saturated carbocycles. The molecule has 0 unspecified atom stereocenters. The molecule has 0 bridgehead atoms. The number of piperidine rings is 1. The first-order valence-corrected chi connectivity index (χ1v) is 13.7. The number of benzene rings is 3. The molecule has 1 atom stereocenters. The van der Waals surface area contributed by atoms with Crippen LogP contribution in [0.3, 0.4) is 0 Å². The second-order valence-corrected chi connectivity index (χ2v) is 11.4. The Hall–Kier alpha value is -2.39. The van der Waals surface area contributed by atoms with Gasteiger partial charge in [0.2, 0.25) is 15.9 Å². The zero-order valence-corrected chi connectivity index (χ0v) is 20.7. The third-order valence-corrected chi connectivity index (χ3v) is 8.93. The van der Waals surface area contributed by atoms with Crippen molar-refractivity contribution in [3.05, 3.63) is 89.2 Å². The third-order valence-electron chi connectivity index (χ3n) is 5.66. The summed E-state index contributed by atoms with van der Waals surface area (Å²) in [6, 6.07) is 19.9. The van der Waals surface area contributed by atoms with Gasteiger partial charge in [-0.2, -0.15) is 4.31 Å². The first-order valence-electron chi connectivity index (χ1n) is 10.9. The molecule has 4 rings (SSSR count). The van der Waals surface area contributed by atoms with Gasteiger partial charge in [-0.3, -0.25) is 4.79 Å². The van der Waals surface area contributed by atoms with Gasteiger partial charge in [0.25, 0.3) is 0 Å². The van der Waals surface area contributed by atoms with Crippen LogP contribution in [-0.2, 0) is 20.6 Å². The van der Waals surface area contributed by atoms with Crippen LogP contribution in [0.5, 0.6) is 0 Å². The average Bonchev–Trinajstić information content (AvgIpc) is 2.85. The van der Waals surface area contributed by atoms with E-state index in [2.05, 4.69) is 5.32 Å². The van der Waals surface area contributed by atoms with Crippen LogP contribution in [0.2, 0.25) is 5.02 Å². The number of carbonyl (C=O) groups excluding carboxylic acids is 1. The second-order valence-electron chi connectivity index (χ2n) is 8.06. The van der Waals surface area contributed by atoms with Crippen molar-refractivity contribution >= 4 is 45.0 Å². The molecule has 0 radical (unpaired) electrons. The summed E-state index contributed by atoms with van der Waals surface area (Å²) >= 11 is 7.56. The van der Waals surface area contributed by atoms with Crippen molar-refractivity contribution in [1.82, 2.24) is 4.31 Å². The van der Waals surface area contributed by atoms with Gasteiger partial charge in [-0.05, 0) is 66.9 Å². The summed E-state index contributed by atoms with van der Waals surface area (Å²) in [5.41, 5.74) is 1.81. The van der Waals surface area contributed by atoms with E-state index in [9.17, 15) is 17.6 Å². The van der Waals surface area contributed by atoms with E-state index < -0.39 is 21.8 Å². The Bertz CT molecular complexity index is 1250. The van der Waals surface area contributed by atoms with E-state index in [-0.39, 0.29) is 17.3 Å². The normalized spacial score (nSPS) is 16.8. The first-order chi connectivity index (χ1) is 16.3. The van der Waals surface area contributed by atoms with Gasteiger partial charge in [-0.15, -0.1) is 11.8 Å². The average molecular weight is 519 g/mol. The Balaban J connectivity index is 1.42. The lowest BCUT2D eigenvalue weighted by Crippen LogP contribution is -2.43. The monoisotopic (exact) mass is 518 g/mol. The third kappa shape index (κ3) is 5.99. The predicted molar refractivity (Wildman–Crippen MR) is 134 cm³/mol. The summed E-state index contributed by atoms with van der Waals surface area (Å²) in [7, 11) is -3.80. The molecule has 1 heterocycles. The molecular formula is C25H24ClFN2O3S2. The van der Waals surface area contributed by atoms with Gasteiger partial charge in [0, 0.05) is 28.8 Å². The zero-order valence-electron chi connectivity index (χ0n) is 18.3. The maximum atomic E-state index is 13.2. The molecular weight excluding hydrogens is 495 g/mol. The van der Waals surface area contributed by atoms with E-state index in [4.69, 9.17) is 11.6 Å². The lowest BCUT2D eigenvalue weighted by molar-refractivity contribution is -0.120. The van der Waals surface area contributed by atoms with Gasteiger partial charge in [-0.25, -0.2) is 12.8 Å². The molecule has 178 valence electrons. The minimum absolute atomic E-state index is 0.0268. The largest absolute Gasteiger partial charge is 0.325 e. The lowest BCUT2D eigenvalue weighted by Gasteiger charge is -2.31. The van der Waals surface area contributed by atoms with E-state index in [1.165, 1.54) is 16.4 Å². The number of halogens is 2. The number of thioether (sulfide) groups is 1. The van der Waals surface area contributed by atoms with E-state index in [1.807, 2.05) is 48.5 Å². The number of rotatable bonds is 7. The molecule has 1 aliphatic heterocycles. The molecule has 5 nitrogen and oxygen atoms in total. The van der Waals surface area contributed by atoms with E-state index >= 15 is 0 Å². The number of nitrogens with zero attached hydrogens (tertiary/aromatic N) is 1. The smallest absolute Gasteiger partial charge is 0.243 e. The molecule has 0 aromatic heterocycles. The molecule has 9 heteroatoms. The highest BCUT2D eigenvalue weighted by Crippen LogP contribution is 2.31. The molecule has 1 N–H and O–H groups in total. The zero-order chi connectivity index (χ0) is 24.1. The fourth-order valence-electron chi connectivity index (χ4n) is 3.80. The Kier molecular flexibility index (Phi) is 7.93. The second kappa shape index (κ2) is 10.9. The van der Waals surface area contributed by atoms with Crippen LogP contribution in [0.1, 0.15) is 18.4 Å². The number of amides is 1. The number of hydrogen-bond donors (Lipinski definition) is 1. The van der Waals surface area contributed by atoms with E-state index in [0.29, 0.717) is 30.1 Å². The highest BCUT2D eigenvalue weighted by atomic mass is 35.5. The number of para-hydroxylation sites is 1. The van der Waals surface area contributed by atoms with Gasteiger partial charge < -0.3 is 5.32 Å². The van der Waals surface area contributed by atoms with E-state index in [1.54, 1.807) is 11.8 Å². The van der Waals surface area contributed by atoms with Crippen LogP contribution in [0.15, 0.2) is 82.6 Å². The molecule has 1 fully saturated rings. The maximum Gasteiger partial charge on any atom is 0.243 e. The molecule has 3 aromatic rings. The standard InChI is InChI=1S/C25H24ClFN2O3S2/c26-20-9-7-18(8-10-20)17-33-24-6-2-1-5-23(24)28-25(30)19-4-3-15-29(16-19)34(31,32)22-13-11-21(27)12-14-22/h1-2,5-14,19H,3-4,15-17H2,(H,28,30)/t19-/m1/s1. The Morgan fingerprint density at radius 2 is 1.76 bits per heavy atom. The van der Waals surface area contributed by atoms with Crippen LogP contribution in [0.4, 0.5) is 10.1 Å². The highest BCUT2D eigenvalue weighted by Gasteiger charge is 2.33. The SMILES string of the molecule is O=C(Nc1ccccc1SCc1ccc(Cl)cc1)[C@@H]1CCCN(S(=O)(=O)c2ccc(F)cc2)C1. The van der Waals surface area contributed by atoms with Crippen LogP contribution >= 0.6 is 23.4 Å². The van der Waals surface area contributed by atoms with Crippen molar-refractivity contribution in [1.29, 1.82) is 0 Å². The topological polar surface area (TPSA) is 66.5 Å². The summed E-state index contributed by atoms with van der Waals surface area (Å²) in [5.74, 6) is -0.462. The molecule has 34 heavy (non-hydrogen) atoms. The molecule has 0 spiro atoms. The quantitative estimate of drug-likeness (QED) is 0.401. The fraction of sp³-hybridized carbons (Fsp3) is 0.240. The Morgan fingerprint density at radius 1 is 1.06 bits per heavy atom. The van der Waals surface area contributed by atoms with Crippen molar-refractivity contribution in [3.63, 3.8) is 0 Å². The van der Waals surface area contributed by atoms with Crippen LogP contribution in [-0.4, -0.2) is 31.7 Å². The van der Waals surface area contributed by atoms with Crippen molar-refractivity contribution in [2.45, 2.75) is 28.4 Å². The van der Waals surface area contributed by atoms with Crippen molar-refractivity contribution in [3.8, 4) is 0 Å². The molecule has 1 aliphatic rings. The van der Waals surface area contributed by atoms with E-state index in [0.717, 1.165) is 28.3 Å². The van der Waals surface area contributed by atoms with Gasteiger partial charge in [0.15, 0.2) is 0 Å². The van der Waals surface area contributed by atoms with Gasteiger partial charge in [0.1, 0.15) is 5.82 Å². The van der Waals surface area contributed by atoms with Gasteiger partial charge in [-0.1, -0.05) is 35.9 Å². The predicted octanol–water partition coefficient (Wildman–Crippen LogP) is 5.81. The number of anilines is 1. The first kappa shape index (κ1) is 24.7. The summed E-state index contributed by atoms with van der Waals surface area (Å²) in [4.78, 5) is 14.0. The minimum atomic E-state index is -3.80. The Morgan fingerprint density at radius 3 is 2.50 bits per heavy atom. The summed E-state index contributed by atoms with van der Waals surface area (Å²) in [6.45, 7) is 0.419.